The Hall–Kier alpha value is -3.49. The molecule has 1 aromatic carbocycles. The average molecular weight is 372 g/mol. The number of nitrogens with zero attached hydrogens (tertiary/aromatic N) is 3. The maximum Gasteiger partial charge on any atom is 0.314 e. The fourth-order valence-corrected chi connectivity index (χ4v) is 2.43. The predicted octanol–water partition coefficient (Wildman–Crippen LogP) is 2.03. The van der Waals surface area contributed by atoms with Gasteiger partial charge in [-0.2, -0.15) is 0 Å². The summed E-state index contributed by atoms with van der Waals surface area (Å²) in [5.41, 5.74) is 1.02. The molecule has 1 heterocycles. The molecule has 0 radical (unpaired) electrons. The summed E-state index contributed by atoms with van der Waals surface area (Å²) < 4.78 is 5.06. The smallest absolute Gasteiger partial charge is 0.314 e. The standard InChI is InChI=1S/C18H20N4O5/c1-3-21(11-8-13-6-9-19-10-7-13)18(24)17(23)20-15-5-4-14(22(25)26)12-16(15)27-2/h4-7,9-10,12H,3,8,11H2,1-2H3,(H,20,23). The monoisotopic (exact) mass is 372 g/mol. The molecular weight excluding hydrogens is 352 g/mol. The second kappa shape index (κ2) is 9.27. The van der Waals surface area contributed by atoms with E-state index in [1.165, 1.54) is 30.2 Å². The topological polar surface area (TPSA) is 115 Å². The van der Waals surface area contributed by atoms with Gasteiger partial charge in [0.15, 0.2) is 0 Å². The number of carbonyl (C=O) groups is 2. The molecule has 1 N–H and O–H groups in total. The van der Waals surface area contributed by atoms with Crippen LogP contribution in [-0.4, -0.2) is 46.8 Å². The lowest BCUT2D eigenvalue weighted by molar-refractivity contribution is -0.384. The lowest BCUT2D eigenvalue weighted by atomic mass is 10.2. The zero-order valence-corrected chi connectivity index (χ0v) is 15.0. The minimum atomic E-state index is -0.835. The number of ether oxygens (including phenoxy) is 1. The van der Waals surface area contributed by atoms with Crippen LogP contribution in [0.5, 0.6) is 5.75 Å². The normalized spacial score (nSPS) is 10.1. The molecule has 0 bridgehead atoms. The van der Waals surface area contributed by atoms with Crippen molar-refractivity contribution in [1.82, 2.24) is 9.88 Å². The van der Waals surface area contributed by atoms with E-state index in [9.17, 15) is 19.7 Å². The summed E-state index contributed by atoms with van der Waals surface area (Å²) in [6.07, 6.45) is 3.93. The van der Waals surface area contributed by atoms with Crippen LogP contribution in [0.15, 0.2) is 42.7 Å². The van der Waals surface area contributed by atoms with E-state index in [4.69, 9.17) is 4.74 Å². The molecule has 0 aliphatic carbocycles. The first-order valence-corrected chi connectivity index (χ1v) is 8.27. The highest BCUT2D eigenvalue weighted by atomic mass is 16.6. The summed E-state index contributed by atoms with van der Waals surface area (Å²) in [7, 11) is 1.32. The number of non-ortho nitro benzene ring substituents is 1. The van der Waals surface area contributed by atoms with Gasteiger partial charge >= 0.3 is 11.8 Å². The molecule has 2 rings (SSSR count). The van der Waals surface area contributed by atoms with Crippen LogP contribution in [0, 0.1) is 10.1 Å². The largest absolute Gasteiger partial charge is 0.494 e. The minimum absolute atomic E-state index is 0.102. The second-order valence-corrected chi connectivity index (χ2v) is 5.59. The number of likely N-dealkylation sites (N-methyl/N-ethyl adjacent to an activating group) is 1. The van der Waals surface area contributed by atoms with Crippen LogP contribution in [0.3, 0.4) is 0 Å². The number of nitro groups is 1. The summed E-state index contributed by atoms with van der Waals surface area (Å²) >= 11 is 0. The third-order valence-electron chi connectivity index (χ3n) is 3.93. The van der Waals surface area contributed by atoms with Gasteiger partial charge in [-0.05, 0) is 37.1 Å². The quantitative estimate of drug-likeness (QED) is 0.452. The summed E-state index contributed by atoms with van der Waals surface area (Å²) in [4.78, 5) is 40.4. The van der Waals surface area contributed by atoms with Crippen LogP contribution >= 0.6 is 0 Å². The van der Waals surface area contributed by atoms with E-state index in [2.05, 4.69) is 10.3 Å². The molecule has 9 heteroatoms. The molecule has 9 nitrogen and oxygen atoms in total. The lowest BCUT2D eigenvalue weighted by Gasteiger charge is -2.20. The van der Waals surface area contributed by atoms with Gasteiger partial charge in [-0.15, -0.1) is 0 Å². The summed E-state index contributed by atoms with van der Waals surface area (Å²) in [5.74, 6) is -1.42. The van der Waals surface area contributed by atoms with Crippen LogP contribution < -0.4 is 10.1 Å². The zero-order chi connectivity index (χ0) is 19.8. The summed E-state index contributed by atoms with van der Waals surface area (Å²) in [6, 6.07) is 7.43. The molecule has 0 saturated carbocycles. The highest BCUT2D eigenvalue weighted by Crippen LogP contribution is 2.28. The summed E-state index contributed by atoms with van der Waals surface area (Å²) in [6.45, 7) is 2.53. The Labute approximate surface area is 156 Å². The van der Waals surface area contributed by atoms with E-state index in [-0.39, 0.29) is 17.1 Å². The number of nitro benzene ring substituents is 1. The zero-order valence-electron chi connectivity index (χ0n) is 15.0. The Morgan fingerprint density at radius 1 is 1.26 bits per heavy atom. The SMILES string of the molecule is CCN(CCc1ccncc1)C(=O)C(=O)Nc1ccc([N+](=O)[O-])cc1OC. The van der Waals surface area contributed by atoms with Crippen molar-refractivity contribution in [3.63, 3.8) is 0 Å². The third kappa shape index (κ3) is 5.24. The number of carbonyl (C=O) groups excluding carboxylic acids is 2. The van der Waals surface area contributed by atoms with Gasteiger partial charge in [0.2, 0.25) is 0 Å². The average Bonchev–Trinajstić information content (AvgIpc) is 2.69. The van der Waals surface area contributed by atoms with Gasteiger partial charge in [0, 0.05) is 31.5 Å². The first-order valence-electron chi connectivity index (χ1n) is 8.27. The maximum absolute atomic E-state index is 12.4. The predicted molar refractivity (Wildman–Crippen MR) is 98.5 cm³/mol. The Balaban J connectivity index is 2.05. The molecule has 0 atom stereocenters. The van der Waals surface area contributed by atoms with E-state index in [1.54, 1.807) is 19.3 Å². The molecule has 0 fully saturated rings. The molecule has 27 heavy (non-hydrogen) atoms. The van der Waals surface area contributed by atoms with Gasteiger partial charge in [0.25, 0.3) is 5.69 Å². The Bertz CT molecular complexity index is 826. The van der Waals surface area contributed by atoms with Crippen molar-refractivity contribution < 1.29 is 19.2 Å². The van der Waals surface area contributed by atoms with Crippen molar-refractivity contribution in [3.8, 4) is 5.75 Å². The fraction of sp³-hybridized carbons (Fsp3) is 0.278. The van der Waals surface area contributed by atoms with Crippen LogP contribution in [0.1, 0.15) is 12.5 Å². The number of anilines is 1. The molecule has 0 spiro atoms. The van der Waals surface area contributed by atoms with E-state index in [1.807, 2.05) is 12.1 Å². The maximum atomic E-state index is 12.4. The van der Waals surface area contributed by atoms with E-state index < -0.39 is 16.7 Å². The first-order chi connectivity index (χ1) is 13.0. The molecule has 0 aliphatic heterocycles. The van der Waals surface area contributed by atoms with Crippen molar-refractivity contribution in [1.29, 1.82) is 0 Å². The minimum Gasteiger partial charge on any atom is -0.494 e. The van der Waals surface area contributed by atoms with Gasteiger partial charge in [-0.1, -0.05) is 0 Å². The number of nitrogens with one attached hydrogen (secondary N) is 1. The number of hydrogen-bond donors (Lipinski definition) is 1. The molecule has 2 amide bonds. The second-order valence-electron chi connectivity index (χ2n) is 5.59. The highest BCUT2D eigenvalue weighted by molar-refractivity contribution is 6.39. The number of rotatable bonds is 7. The van der Waals surface area contributed by atoms with Crippen molar-refractivity contribution in [2.45, 2.75) is 13.3 Å². The van der Waals surface area contributed by atoms with E-state index in [0.29, 0.717) is 19.5 Å². The Morgan fingerprint density at radius 2 is 1.96 bits per heavy atom. The van der Waals surface area contributed by atoms with Gasteiger partial charge in [0.1, 0.15) is 5.75 Å². The van der Waals surface area contributed by atoms with Crippen molar-refractivity contribution in [3.05, 3.63) is 58.4 Å². The third-order valence-corrected chi connectivity index (χ3v) is 3.93. The molecule has 0 aliphatic rings. The molecule has 0 unspecified atom stereocenters. The number of aromatic nitrogens is 1. The molecule has 142 valence electrons. The van der Waals surface area contributed by atoms with Crippen LogP contribution in [-0.2, 0) is 16.0 Å². The van der Waals surface area contributed by atoms with Crippen molar-refractivity contribution in [2.24, 2.45) is 0 Å². The lowest BCUT2D eigenvalue weighted by Crippen LogP contribution is -2.40. The molecule has 2 aromatic rings. The van der Waals surface area contributed by atoms with Crippen molar-refractivity contribution in [2.75, 3.05) is 25.5 Å². The number of methoxy groups -OCH3 is 1. The number of amides is 2. The van der Waals surface area contributed by atoms with Crippen LogP contribution in [0.4, 0.5) is 11.4 Å². The number of hydrogen-bond acceptors (Lipinski definition) is 6. The van der Waals surface area contributed by atoms with Gasteiger partial charge < -0.3 is 15.0 Å². The summed E-state index contributed by atoms with van der Waals surface area (Å²) in [5, 5.41) is 13.3. The molecule has 1 aromatic heterocycles. The van der Waals surface area contributed by atoms with Crippen LogP contribution in [0.2, 0.25) is 0 Å². The number of pyridine rings is 1. The molecular formula is C18H20N4O5. The van der Waals surface area contributed by atoms with E-state index >= 15 is 0 Å². The first kappa shape index (κ1) is 19.8. The highest BCUT2D eigenvalue weighted by Gasteiger charge is 2.22. The van der Waals surface area contributed by atoms with Gasteiger partial charge in [-0.25, -0.2) is 0 Å². The Morgan fingerprint density at radius 3 is 2.56 bits per heavy atom. The number of benzene rings is 1. The van der Waals surface area contributed by atoms with Crippen LogP contribution in [0.25, 0.3) is 0 Å². The fourth-order valence-electron chi connectivity index (χ4n) is 2.43. The molecule has 0 saturated heterocycles. The van der Waals surface area contributed by atoms with E-state index in [0.717, 1.165) is 5.56 Å². The Kier molecular flexibility index (Phi) is 6.81. The van der Waals surface area contributed by atoms with Gasteiger partial charge in [0.05, 0.1) is 23.8 Å². The van der Waals surface area contributed by atoms with Crippen molar-refractivity contribution >= 4 is 23.2 Å². The van der Waals surface area contributed by atoms with Gasteiger partial charge in [-0.3, -0.25) is 24.7 Å².